The molecule has 5 heteroatoms. The minimum atomic E-state index is 0.837. The first-order valence-corrected chi connectivity index (χ1v) is 5.86. The second kappa shape index (κ2) is 4.60. The summed E-state index contributed by atoms with van der Waals surface area (Å²) < 4.78 is 0. The lowest BCUT2D eigenvalue weighted by atomic mass is 10.0. The van der Waals surface area contributed by atoms with E-state index in [1.165, 1.54) is 13.1 Å². The van der Waals surface area contributed by atoms with E-state index in [2.05, 4.69) is 33.3 Å². The molecule has 3 rings (SSSR count). The third-order valence-corrected chi connectivity index (χ3v) is 3.76. The van der Waals surface area contributed by atoms with Crippen LogP contribution in [0.25, 0.3) is 0 Å². The lowest BCUT2D eigenvalue weighted by Gasteiger charge is -2.14. The molecule has 0 aliphatic carbocycles. The Kier molecular flexibility index (Phi) is 3.19. The summed E-state index contributed by atoms with van der Waals surface area (Å²) in [5, 5.41) is 12.5. The lowest BCUT2D eigenvalue weighted by Crippen LogP contribution is -2.25. The van der Waals surface area contributed by atoms with Crippen molar-refractivity contribution in [3.63, 3.8) is 0 Å². The Labute approximate surface area is 93.7 Å². The summed E-state index contributed by atoms with van der Waals surface area (Å²) in [5.41, 5.74) is 1.81. The number of aromatic nitrogens is 2. The number of fused-ring (bicyclic) bond motifs is 1. The fourth-order valence-corrected chi connectivity index (χ4v) is 2.90. The molecule has 0 bridgehead atoms. The van der Waals surface area contributed by atoms with E-state index in [1.807, 2.05) is 5.51 Å². The number of hydrogen-bond donors (Lipinski definition) is 1. The molecule has 2 saturated heterocycles. The summed E-state index contributed by atoms with van der Waals surface area (Å²) in [6.07, 6.45) is 8.00. The van der Waals surface area contributed by atoms with Crippen molar-refractivity contribution in [3.05, 3.63) is 5.51 Å². The van der Waals surface area contributed by atoms with Crippen LogP contribution in [0.4, 0.5) is 5.13 Å². The van der Waals surface area contributed by atoms with Crippen LogP contribution in [0.15, 0.2) is 5.51 Å². The Balaban J connectivity index is 0.000000404. The third kappa shape index (κ3) is 1.96. The maximum absolute atomic E-state index is 4.10. The van der Waals surface area contributed by atoms with Crippen molar-refractivity contribution >= 4 is 16.5 Å². The van der Waals surface area contributed by atoms with Crippen molar-refractivity contribution in [2.45, 2.75) is 0 Å². The average Bonchev–Trinajstić information content (AvgIpc) is 2.96. The molecule has 0 aromatic carbocycles. The van der Waals surface area contributed by atoms with Gasteiger partial charge in [0.05, 0.1) is 0 Å². The molecule has 2 fully saturated rings. The number of nitrogens with one attached hydrogen (secondary N) is 1. The smallest absolute Gasteiger partial charge is 0.208 e. The van der Waals surface area contributed by atoms with Crippen LogP contribution in [0.5, 0.6) is 0 Å². The Morgan fingerprint density at radius 3 is 2.53 bits per heavy atom. The summed E-state index contributed by atoms with van der Waals surface area (Å²) in [4.78, 5) is 2.37. The quantitative estimate of drug-likeness (QED) is 0.700. The highest BCUT2D eigenvalue weighted by molar-refractivity contribution is 7.13. The highest BCUT2D eigenvalue weighted by Crippen LogP contribution is 2.30. The monoisotopic (exact) mass is 222 g/mol. The van der Waals surface area contributed by atoms with E-state index < -0.39 is 0 Å². The van der Waals surface area contributed by atoms with Gasteiger partial charge in [-0.05, 0) is 11.8 Å². The largest absolute Gasteiger partial charge is 0.346 e. The van der Waals surface area contributed by atoms with Crippen LogP contribution < -0.4 is 10.2 Å². The van der Waals surface area contributed by atoms with Gasteiger partial charge in [-0.2, -0.15) is 0 Å². The molecule has 1 N–H and O–H groups in total. The molecule has 0 spiro atoms. The van der Waals surface area contributed by atoms with E-state index in [0.29, 0.717) is 0 Å². The average molecular weight is 222 g/mol. The van der Waals surface area contributed by atoms with Gasteiger partial charge in [-0.25, -0.2) is 0 Å². The number of hydrogen-bond acceptors (Lipinski definition) is 5. The first kappa shape index (κ1) is 10.4. The standard InChI is InChI=1S/C8H12N4S.C2H2/c1-6-3-12(4-7(6)2-9-1)8-11-10-5-13-8;1-2/h5-7,9H,1-4H2;1-2H. The van der Waals surface area contributed by atoms with Gasteiger partial charge in [-0.3, -0.25) is 0 Å². The Morgan fingerprint density at radius 2 is 2.00 bits per heavy atom. The van der Waals surface area contributed by atoms with Crippen molar-refractivity contribution < 1.29 is 0 Å². The van der Waals surface area contributed by atoms with Crippen molar-refractivity contribution in [2.75, 3.05) is 31.1 Å². The van der Waals surface area contributed by atoms with Gasteiger partial charge in [0.1, 0.15) is 5.51 Å². The van der Waals surface area contributed by atoms with Gasteiger partial charge in [0.25, 0.3) is 0 Å². The van der Waals surface area contributed by atoms with E-state index in [1.54, 1.807) is 11.3 Å². The van der Waals surface area contributed by atoms with Crippen LogP contribution in [-0.4, -0.2) is 36.4 Å². The SMILES string of the molecule is C#C.c1nnc(N2CC3CNCC3C2)s1. The Morgan fingerprint density at radius 1 is 1.33 bits per heavy atom. The minimum absolute atomic E-state index is 0.837. The predicted octanol–water partition coefficient (Wildman–Crippen LogP) is 0.443. The van der Waals surface area contributed by atoms with Gasteiger partial charge >= 0.3 is 0 Å². The highest BCUT2D eigenvalue weighted by atomic mass is 32.1. The van der Waals surface area contributed by atoms with Crippen LogP contribution >= 0.6 is 11.3 Å². The second-order valence-corrected chi connectivity index (χ2v) is 4.62. The van der Waals surface area contributed by atoms with Crippen molar-refractivity contribution in [2.24, 2.45) is 11.8 Å². The van der Waals surface area contributed by atoms with Crippen molar-refractivity contribution in [3.8, 4) is 12.8 Å². The van der Waals surface area contributed by atoms with E-state index in [-0.39, 0.29) is 0 Å². The summed E-state index contributed by atoms with van der Waals surface area (Å²) in [6.45, 7) is 4.68. The zero-order valence-electron chi connectivity index (χ0n) is 8.47. The number of anilines is 1. The first-order chi connectivity index (χ1) is 7.43. The van der Waals surface area contributed by atoms with E-state index in [9.17, 15) is 0 Å². The van der Waals surface area contributed by atoms with Crippen molar-refractivity contribution in [1.29, 1.82) is 0 Å². The topological polar surface area (TPSA) is 41.1 Å². The summed E-state index contributed by atoms with van der Waals surface area (Å²) in [5.74, 6) is 1.67. The lowest BCUT2D eigenvalue weighted by molar-refractivity contribution is 0.533. The van der Waals surface area contributed by atoms with Gasteiger partial charge in [0, 0.05) is 26.2 Å². The van der Waals surface area contributed by atoms with E-state index in [4.69, 9.17) is 0 Å². The predicted molar refractivity (Wildman–Crippen MR) is 61.9 cm³/mol. The molecule has 1 aromatic rings. The summed E-state index contributed by atoms with van der Waals surface area (Å²) in [6, 6.07) is 0. The van der Waals surface area contributed by atoms with Crippen LogP contribution in [0, 0.1) is 24.7 Å². The normalized spacial score (nSPS) is 28.3. The molecule has 80 valence electrons. The highest BCUT2D eigenvalue weighted by Gasteiger charge is 2.36. The molecule has 3 heterocycles. The van der Waals surface area contributed by atoms with Gasteiger partial charge < -0.3 is 10.2 Å². The van der Waals surface area contributed by atoms with Gasteiger partial charge in [0.2, 0.25) is 5.13 Å². The van der Waals surface area contributed by atoms with Crippen LogP contribution in [0.1, 0.15) is 0 Å². The first-order valence-electron chi connectivity index (χ1n) is 4.98. The van der Waals surface area contributed by atoms with E-state index >= 15 is 0 Å². The zero-order valence-corrected chi connectivity index (χ0v) is 9.28. The van der Waals surface area contributed by atoms with E-state index in [0.717, 1.165) is 30.1 Å². The number of terminal acetylenes is 1. The second-order valence-electron chi connectivity index (χ2n) is 3.80. The minimum Gasteiger partial charge on any atom is -0.346 e. The van der Waals surface area contributed by atoms with Gasteiger partial charge in [-0.15, -0.1) is 23.0 Å². The molecular weight excluding hydrogens is 208 g/mol. The third-order valence-electron chi connectivity index (χ3n) is 3.01. The molecule has 0 saturated carbocycles. The Hall–Kier alpha value is -1.12. The molecule has 4 nitrogen and oxygen atoms in total. The number of rotatable bonds is 1. The molecule has 0 radical (unpaired) electrons. The molecule has 1 aromatic heterocycles. The Bertz CT molecular complexity index is 309. The zero-order chi connectivity index (χ0) is 10.7. The summed E-state index contributed by atoms with van der Waals surface area (Å²) >= 11 is 1.64. The number of nitrogens with zero attached hydrogens (tertiary/aromatic N) is 3. The fourth-order valence-electron chi connectivity index (χ4n) is 2.32. The fraction of sp³-hybridized carbons (Fsp3) is 0.600. The molecule has 2 unspecified atom stereocenters. The molecule has 2 atom stereocenters. The van der Waals surface area contributed by atoms with Crippen LogP contribution in [-0.2, 0) is 0 Å². The maximum atomic E-state index is 4.10. The molecular formula is C10H14N4S. The van der Waals surface area contributed by atoms with Gasteiger partial charge in [-0.1, -0.05) is 11.3 Å². The molecule has 2 aliphatic heterocycles. The molecule has 2 aliphatic rings. The maximum Gasteiger partial charge on any atom is 0.208 e. The van der Waals surface area contributed by atoms with Crippen molar-refractivity contribution in [1.82, 2.24) is 15.5 Å². The van der Waals surface area contributed by atoms with Crippen LogP contribution in [0.3, 0.4) is 0 Å². The summed E-state index contributed by atoms with van der Waals surface area (Å²) in [7, 11) is 0. The molecule has 0 amide bonds. The molecule has 15 heavy (non-hydrogen) atoms. The van der Waals surface area contributed by atoms with Crippen LogP contribution in [0.2, 0.25) is 0 Å². The van der Waals surface area contributed by atoms with Gasteiger partial charge in [0.15, 0.2) is 0 Å².